The molecule has 1 saturated heterocycles. The van der Waals surface area contributed by atoms with Gasteiger partial charge in [0, 0.05) is 18.7 Å². The Hall–Kier alpha value is -0.900. The highest BCUT2D eigenvalue weighted by Gasteiger charge is 2.30. The number of Topliss-reactive ketones (excluding diaryl/α,β-unsaturated/α-hetero) is 1. The molecule has 1 unspecified atom stereocenters. The van der Waals surface area contributed by atoms with E-state index in [0.717, 1.165) is 51.1 Å². The average molecular weight is 282 g/mol. The molecule has 1 heterocycles. The molecule has 104 valence electrons. The molecule has 0 amide bonds. The van der Waals surface area contributed by atoms with Gasteiger partial charge in [-0.1, -0.05) is 24.3 Å². The first kappa shape index (κ1) is 14.5. The Morgan fingerprint density at radius 3 is 2.68 bits per heavy atom. The lowest BCUT2D eigenvalue weighted by atomic mass is 9.99. The zero-order valence-corrected chi connectivity index (χ0v) is 11.8. The smallest absolute Gasteiger partial charge is 0.180 e. The van der Waals surface area contributed by atoms with Crippen LogP contribution in [0.1, 0.15) is 28.8 Å². The van der Waals surface area contributed by atoms with Crippen molar-refractivity contribution in [1.29, 1.82) is 0 Å². The molecule has 0 saturated carbocycles. The van der Waals surface area contributed by atoms with E-state index in [-0.39, 0.29) is 18.4 Å². The van der Waals surface area contributed by atoms with Gasteiger partial charge in [0.05, 0.1) is 19.3 Å². The molecule has 2 aliphatic rings. The van der Waals surface area contributed by atoms with Crippen LogP contribution in [0.15, 0.2) is 24.3 Å². The molecule has 0 spiro atoms. The van der Waals surface area contributed by atoms with E-state index in [1.807, 2.05) is 18.2 Å². The maximum absolute atomic E-state index is 12.7. The Morgan fingerprint density at radius 2 is 1.89 bits per heavy atom. The summed E-state index contributed by atoms with van der Waals surface area (Å²) in [5.74, 6) is 0.310. The standard InChI is InChI=1S/C15H19NO2.ClH/c17-15-13-6-2-1-4-12(13)5-3-7-14(15)16-8-10-18-11-9-16;/h1-2,4,6,14H,3,5,7-11H2;1H. The number of ether oxygens (including phenoxy) is 1. The van der Waals surface area contributed by atoms with Gasteiger partial charge in [0.15, 0.2) is 5.78 Å². The van der Waals surface area contributed by atoms with Crippen molar-refractivity contribution < 1.29 is 9.53 Å². The van der Waals surface area contributed by atoms with Crippen LogP contribution < -0.4 is 0 Å². The van der Waals surface area contributed by atoms with Crippen LogP contribution in [0.3, 0.4) is 0 Å². The third-order valence-electron chi connectivity index (χ3n) is 4.00. The maximum Gasteiger partial charge on any atom is 0.180 e. The van der Waals surface area contributed by atoms with Gasteiger partial charge >= 0.3 is 0 Å². The van der Waals surface area contributed by atoms with Crippen LogP contribution in [0.4, 0.5) is 0 Å². The summed E-state index contributed by atoms with van der Waals surface area (Å²) >= 11 is 0. The predicted molar refractivity (Wildman–Crippen MR) is 77.1 cm³/mol. The van der Waals surface area contributed by atoms with E-state index in [1.165, 1.54) is 5.56 Å². The molecule has 3 nitrogen and oxygen atoms in total. The number of aryl methyl sites for hydroxylation is 1. The van der Waals surface area contributed by atoms with Crippen molar-refractivity contribution in [2.45, 2.75) is 25.3 Å². The highest BCUT2D eigenvalue weighted by atomic mass is 35.5. The molecule has 0 radical (unpaired) electrons. The minimum Gasteiger partial charge on any atom is -0.379 e. The molecular weight excluding hydrogens is 262 g/mol. The number of fused-ring (bicyclic) bond motifs is 1. The van der Waals surface area contributed by atoms with Gasteiger partial charge in [-0.15, -0.1) is 12.4 Å². The first-order chi connectivity index (χ1) is 8.86. The third kappa shape index (κ3) is 2.99. The molecule has 0 N–H and O–H groups in total. The number of carbonyl (C=O) groups excluding carboxylic acids is 1. The lowest BCUT2D eigenvalue weighted by Crippen LogP contribution is -2.47. The first-order valence-electron chi connectivity index (χ1n) is 6.80. The van der Waals surface area contributed by atoms with Crippen LogP contribution in [0.2, 0.25) is 0 Å². The van der Waals surface area contributed by atoms with Crippen molar-refractivity contribution in [1.82, 2.24) is 4.90 Å². The fraction of sp³-hybridized carbons (Fsp3) is 0.533. The fourth-order valence-corrected chi connectivity index (χ4v) is 3.01. The Bertz CT molecular complexity index is 444. The summed E-state index contributed by atoms with van der Waals surface area (Å²) in [6.07, 6.45) is 3.11. The van der Waals surface area contributed by atoms with E-state index in [1.54, 1.807) is 0 Å². The number of morpholine rings is 1. The van der Waals surface area contributed by atoms with Crippen molar-refractivity contribution in [2.75, 3.05) is 26.3 Å². The molecular formula is C15H20ClNO2. The van der Waals surface area contributed by atoms with Gasteiger partial charge in [0.25, 0.3) is 0 Å². The SMILES string of the molecule is Cl.O=C1c2ccccc2CCCC1N1CCOCC1. The third-order valence-corrected chi connectivity index (χ3v) is 4.00. The molecule has 0 aromatic heterocycles. The molecule has 4 heteroatoms. The number of ketones is 1. The number of benzene rings is 1. The number of rotatable bonds is 1. The highest BCUT2D eigenvalue weighted by Crippen LogP contribution is 2.24. The summed E-state index contributed by atoms with van der Waals surface area (Å²) in [5, 5.41) is 0. The minimum absolute atomic E-state index is 0. The summed E-state index contributed by atoms with van der Waals surface area (Å²) in [6.45, 7) is 3.29. The normalized spacial score (nSPS) is 24.2. The van der Waals surface area contributed by atoms with Gasteiger partial charge in [0.2, 0.25) is 0 Å². The number of hydrogen-bond acceptors (Lipinski definition) is 3. The number of halogens is 1. The Kier molecular flexibility index (Phi) is 4.97. The molecule has 1 atom stereocenters. The minimum atomic E-state index is 0. The van der Waals surface area contributed by atoms with Gasteiger partial charge in [0.1, 0.15) is 0 Å². The average Bonchev–Trinajstić information content (AvgIpc) is 2.60. The van der Waals surface area contributed by atoms with Gasteiger partial charge in [-0.2, -0.15) is 0 Å². The Labute approximate surface area is 120 Å². The van der Waals surface area contributed by atoms with Crippen LogP contribution in [0.25, 0.3) is 0 Å². The molecule has 1 aromatic rings. The second-order valence-electron chi connectivity index (χ2n) is 5.08. The molecule has 0 bridgehead atoms. The number of carbonyl (C=O) groups is 1. The van der Waals surface area contributed by atoms with Gasteiger partial charge in [-0.05, 0) is 24.8 Å². The zero-order valence-electron chi connectivity index (χ0n) is 11.0. The van der Waals surface area contributed by atoms with Crippen molar-refractivity contribution in [3.8, 4) is 0 Å². The lowest BCUT2D eigenvalue weighted by molar-refractivity contribution is 0.0162. The summed E-state index contributed by atoms with van der Waals surface area (Å²) in [4.78, 5) is 15.0. The molecule has 1 aliphatic carbocycles. The molecule has 1 aliphatic heterocycles. The fourth-order valence-electron chi connectivity index (χ4n) is 3.01. The maximum atomic E-state index is 12.7. The van der Waals surface area contributed by atoms with Crippen LogP contribution in [0, 0.1) is 0 Å². The van der Waals surface area contributed by atoms with Gasteiger partial charge in [-0.3, -0.25) is 9.69 Å². The van der Waals surface area contributed by atoms with Crippen molar-refractivity contribution in [2.24, 2.45) is 0 Å². The van der Waals surface area contributed by atoms with Crippen LogP contribution in [-0.2, 0) is 11.2 Å². The van der Waals surface area contributed by atoms with E-state index in [9.17, 15) is 4.79 Å². The highest BCUT2D eigenvalue weighted by molar-refractivity contribution is 6.01. The first-order valence-corrected chi connectivity index (χ1v) is 6.80. The molecule has 19 heavy (non-hydrogen) atoms. The second-order valence-corrected chi connectivity index (χ2v) is 5.08. The van der Waals surface area contributed by atoms with Crippen LogP contribution in [-0.4, -0.2) is 43.0 Å². The molecule has 3 rings (SSSR count). The quantitative estimate of drug-likeness (QED) is 0.740. The van der Waals surface area contributed by atoms with Gasteiger partial charge in [-0.25, -0.2) is 0 Å². The largest absolute Gasteiger partial charge is 0.379 e. The second kappa shape index (κ2) is 6.51. The zero-order chi connectivity index (χ0) is 12.4. The van der Waals surface area contributed by atoms with Crippen molar-refractivity contribution >= 4 is 18.2 Å². The summed E-state index contributed by atoms with van der Waals surface area (Å²) in [5.41, 5.74) is 2.16. The number of hydrogen-bond donors (Lipinski definition) is 0. The van der Waals surface area contributed by atoms with E-state index in [2.05, 4.69) is 11.0 Å². The summed E-state index contributed by atoms with van der Waals surface area (Å²) in [7, 11) is 0. The van der Waals surface area contributed by atoms with E-state index < -0.39 is 0 Å². The van der Waals surface area contributed by atoms with E-state index in [0.29, 0.717) is 5.78 Å². The monoisotopic (exact) mass is 281 g/mol. The topological polar surface area (TPSA) is 29.5 Å². The van der Waals surface area contributed by atoms with Crippen LogP contribution in [0.5, 0.6) is 0 Å². The molecule has 1 aromatic carbocycles. The predicted octanol–water partition coefficient (Wildman–Crippen LogP) is 2.33. The van der Waals surface area contributed by atoms with Crippen molar-refractivity contribution in [3.05, 3.63) is 35.4 Å². The summed E-state index contributed by atoms with van der Waals surface area (Å²) in [6, 6.07) is 8.14. The Morgan fingerprint density at radius 1 is 1.16 bits per heavy atom. The Balaban J connectivity index is 0.00000133. The lowest BCUT2D eigenvalue weighted by Gasteiger charge is -2.33. The number of nitrogens with zero attached hydrogens (tertiary/aromatic N) is 1. The summed E-state index contributed by atoms with van der Waals surface area (Å²) < 4.78 is 5.37. The van der Waals surface area contributed by atoms with Gasteiger partial charge < -0.3 is 4.74 Å². The van der Waals surface area contributed by atoms with E-state index in [4.69, 9.17) is 4.74 Å². The molecule has 1 fully saturated rings. The van der Waals surface area contributed by atoms with Crippen LogP contribution >= 0.6 is 12.4 Å². The van der Waals surface area contributed by atoms with E-state index >= 15 is 0 Å². The van der Waals surface area contributed by atoms with Crippen molar-refractivity contribution in [3.63, 3.8) is 0 Å².